The van der Waals surface area contributed by atoms with Crippen LogP contribution >= 0.6 is 0 Å². The summed E-state index contributed by atoms with van der Waals surface area (Å²) < 4.78 is 5.15. The number of rotatable bonds is 5. The number of anilines is 1. The van der Waals surface area contributed by atoms with Crippen LogP contribution in [0, 0.1) is 18.3 Å². The zero-order chi connectivity index (χ0) is 12.3. The molecule has 0 radical (unpaired) electrons. The molecule has 3 nitrogen and oxygen atoms in total. The van der Waals surface area contributed by atoms with Gasteiger partial charge in [-0.05, 0) is 37.5 Å². The van der Waals surface area contributed by atoms with Gasteiger partial charge in [0.2, 0.25) is 0 Å². The summed E-state index contributed by atoms with van der Waals surface area (Å²) in [7, 11) is 1.71. The predicted molar refractivity (Wildman–Crippen MR) is 68.1 cm³/mol. The Bertz CT molecular complexity index is 432. The molecule has 0 amide bonds. The highest BCUT2D eigenvalue weighted by Crippen LogP contribution is 2.33. The smallest absolute Gasteiger partial charge is 0.101 e. The molecule has 90 valence electrons. The van der Waals surface area contributed by atoms with Crippen LogP contribution in [0.3, 0.4) is 0 Å². The molecule has 17 heavy (non-hydrogen) atoms. The number of nitrogens with zero attached hydrogens (tertiary/aromatic N) is 2. The van der Waals surface area contributed by atoms with E-state index in [1.807, 2.05) is 12.1 Å². The van der Waals surface area contributed by atoms with Crippen molar-refractivity contribution in [2.75, 3.05) is 25.2 Å². The number of benzene rings is 1. The molecule has 1 aromatic rings. The van der Waals surface area contributed by atoms with Crippen molar-refractivity contribution in [2.24, 2.45) is 0 Å². The van der Waals surface area contributed by atoms with Crippen LogP contribution in [0.25, 0.3) is 0 Å². The maximum atomic E-state index is 9.18. The summed E-state index contributed by atoms with van der Waals surface area (Å²) in [6.45, 7) is 3.63. The molecule has 0 bridgehead atoms. The lowest BCUT2D eigenvalue weighted by Gasteiger charge is -2.25. The van der Waals surface area contributed by atoms with Crippen LogP contribution in [0.4, 0.5) is 5.69 Å². The highest BCUT2D eigenvalue weighted by atomic mass is 16.5. The van der Waals surface area contributed by atoms with Gasteiger partial charge in [0.1, 0.15) is 6.07 Å². The lowest BCUT2D eigenvalue weighted by Crippen LogP contribution is -2.30. The second kappa shape index (κ2) is 5.20. The summed E-state index contributed by atoms with van der Waals surface area (Å²) in [5, 5.41) is 9.18. The van der Waals surface area contributed by atoms with Crippen molar-refractivity contribution in [3.63, 3.8) is 0 Å². The maximum absolute atomic E-state index is 9.18. The van der Waals surface area contributed by atoms with Crippen molar-refractivity contribution in [1.82, 2.24) is 0 Å². The van der Waals surface area contributed by atoms with E-state index in [2.05, 4.69) is 24.0 Å². The zero-order valence-corrected chi connectivity index (χ0v) is 10.4. The van der Waals surface area contributed by atoms with Crippen molar-refractivity contribution in [1.29, 1.82) is 5.26 Å². The normalized spacial score (nSPS) is 14.4. The summed E-state index contributed by atoms with van der Waals surface area (Å²) in [6, 6.07) is 8.88. The summed E-state index contributed by atoms with van der Waals surface area (Å²) in [4.78, 5) is 2.31. The van der Waals surface area contributed by atoms with E-state index < -0.39 is 0 Å². The van der Waals surface area contributed by atoms with Crippen LogP contribution in [-0.2, 0) is 4.74 Å². The topological polar surface area (TPSA) is 36.3 Å². The lowest BCUT2D eigenvalue weighted by atomic mass is 10.1. The molecule has 1 saturated carbocycles. The fourth-order valence-electron chi connectivity index (χ4n) is 2.05. The Kier molecular flexibility index (Phi) is 3.65. The summed E-state index contributed by atoms with van der Waals surface area (Å²) in [5.41, 5.74) is 3.02. The number of methoxy groups -OCH3 is 1. The van der Waals surface area contributed by atoms with Gasteiger partial charge in [-0.2, -0.15) is 5.26 Å². The number of aryl methyl sites for hydroxylation is 1. The molecular formula is C14H18N2O. The van der Waals surface area contributed by atoms with Crippen LogP contribution in [-0.4, -0.2) is 26.3 Å². The van der Waals surface area contributed by atoms with Crippen LogP contribution in [0.15, 0.2) is 18.2 Å². The Morgan fingerprint density at radius 3 is 2.82 bits per heavy atom. The molecule has 1 aliphatic carbocycles. The van der Waals surface area contributed by atoms with E-state index in [1.165, 1.54) is 18.4 Å². The maximum Gasteiger partial charge on any atom is 0.101 e. The van der Waals surface area contributed by atoms with Crippen molar-refractivity contribution < 1.29 is 4.74 Å². The van der Waals surface area contributed by atoms with Gasteiger partial charge in [0.25, 0.3) is 0 Å². The van der Waals surface area contributed by atoms with E-state index in [1.54, 1.807) is 7.11 Å². The van der Waals surface area contributed by atoms with Gasteiger partial charge >= 0.3 is 0 Å². The Morgan fingerprint density at radius 2 is 2.24 bits per heavy atom. The standard InChI is InChI=1S/C14H18N2O/c1-11-3-4-12(10-15)14(9-11)16(7-8-17-2)13-5-6-13/h3-4,9,13H,5-8H2,1-2H3. The first-order chi connectivity index (χ1) is 8.26. The minimum Gasteiger partial charge on any atom is -0.383 e. The Labute approximate surface area is 103 Å². The fourth-order valence-corrected chi connectivity index (χ4v) is 2.05. The van der Waals surface area contributed by atoms with Crippen molar-refractivity contribution in [3.8, 4) is 6.07 Å². The molecule has 0 heterocycles. The molecule has 0 aliphatic heterocycles. The van der Waals surface area contributed by atoms with Crippen LogP contribution in [0.2, 0.25) is 0 Å². The second-order valence-corrected chi connectivity index (χ2v) is 4.55. The first-order valence-corrected chi connectivity index (χ1v) is 6.02. The average molecular weight is 230 g/mol. The van der Waals surface area contributed by atoms with E-state index in [9.17, 15) is 5.26 Å². The van der Waals surface area contributed by atoms with Crippen molar-refractivity contribution in [2.45, 2.75) is 25.8 Å². The van der Waals surface area contributed by atoms with Crippen molar-refractivity contribution >= 4 is 5.69 Å². The van der Waals surface area contributed by atoms with Gasteiger partial charge in [-0.25, -0.2) is 0 Å². The third kappa shape index (κ3) is 2.78. The molecular weight excluding hydrogens is 212 g/mol. The van der Waals surface area contributed by atoms with Gasteiger partial charge in [-0.15, -0.1) is 0 Å². The van der Waals surface area contributed by atoms with E-state index in [4.69, 9.17) is 4.74 Å². The minimum atomic E-state index is 0.596. The molecule has 0 unspecified atom stereocenters. The molecule has 0 aromatic heterocycles. The van der Waals surface area contributed by atoms with E-state index >= 15 is 0 Å². The summed E-state index contributed by atoms with van der Waals surface area (Å²) >= 11 is 0. The van der Waals surface area contributed by atoms with Gasteiger partial charge < -0.3 is 9.64 Å². The second-order valence-electron chi connectivity index (χ2n) is 4.55. The Balaban J connectivity index is 2.27. The summed E-state index contributed by atoms with van der Waals surface area (Å²) in [5.74, 6) is 0. The molecule has 0 N–H and O–H groups in total. The van der Waals surface area contributed by atoms with Gasteiger partial charge in [0.05, 0.1) is 17.9 Å². The molecule has 0 atom stereocenters. The molecule has 2 rings (SSSR count). The number of ether oxygens (including phenoxy) is 1. The highest BCUT2D eigenvalue weighted by molar-refractivity contribution is 5.61. The first kappa shape index (κ1) is 11.9. The van der Waals surface area contributed by atoms with E-state index in [0.717, 1.165) is 17.8 Å². The fraction of sp³-hybridized carbons (Fsp3) is 0.500. The van der Waals surface area contributed by atoms with E-state index in [-0.39, 0.29) is 0 Å². The van der Waals surface area contributed by atoms with Crippen LogP contribution in [0.1, 0.15) is 24.0 Å². The Morgan fingerprint density at radius 1 is 1.47 bits per heavy atom. The Hall–Kier alpha value is -1.53. The molecule has 0 saturated heterocycles. The largest absolute Gasteiger partial charge is 0.383 e. The van der Waals surface area contributed by atoms with Gasteiger partial charge in [0, 0.05) is 19.7 Å². The quantitative estimate of drug-likeness (QED) is 0.779. The van der Waals surface area contributed by atoms with E-state index in [0.29, 0.717) is 12.6 Å². The zero-order valence-electron chi connectivity index (χ0n) is 10.4. The van der Waals surface area contributed by atoms with Crippen LogP contribution in [0.5, 0.6) is 0 Å². The predicted octanol–water partition coefficient (Wildman–Crippen LogP) is 2.48. The first-order valence-electron chi connectivity index (χ1n) is 6.02. The molecule has 3 heteroatoms. The van der Waals surface area contributed by atoms with Crippen LogP contribution < -0.4 is 4.90 Å². The third-order valence-electron chi connectivity index (χ3n) is 3.11. The molecule has 1 fully saturated rings. The monoisotopic (exact) mass is 230 g/mol. The highest BCUT2D eigenvalue weighted by Gasteiger charge is 2.30. The SMILES string of the molecule is COCCN(c1cc(C)ccc1C#N)C1CC1. The molecule has 1 aromatic carbocycles. The summed E-state index contributed by atoms with van der Waals surface area (Å²) in [6.07, 6.45) is 2.45. The average Bonchev–Trinajstić information content (AvgIpc) is 3.14. The number of hydrogen-bond acceptors (Lipinski definition) is 3. The van der Waals surface area contributed by atoms with Gasteiger partial charge in [-0.1, -0.05) is 6.07 Å². The number of hydrogen-bond donors (Lipinski definition) is 0. The molecule has 1 aliphatic rings. The minimum absolute atomic E-state index is 0.596. The number of nitriles is 1. The van der Waals surface area contributed by atoms with Gasteiger partial charge in [-0.3, -0.25) is 0 Å². The van der Waals surface area contributed by atoms with Gasteiger partial charge in [0.15, 0.2) is 0 Å². The molecule has 0 spiro atoms. The lowest BCUT2D eigenvalue weighted by molar-refractivity contribution is 0.205. The van der Waals surface area contributed by atoms with Crippen molar-refractivity contribution in [3.05, 3.63) is 29.3 Å². The third-order valence-corrected chi connectivity index (χ3v) is 3.11.